The number of nitrogens with zero attached hydrogens (tertiary/aromatic N) is 2. The zero-order valence-corrected chi connectivity index (χ0v) is 7.36. The highest BCUT2D eigenvalue weighted by Gasteiger charge is 2.06. The van der Waals surface area contributed by atoms with Crippen LogP contribution in [-0.2, 0) is 0 Å². The van der Waals surface area contributed by atoms with Gasteiger partial charge in [-0.15, -0.1) is 11.3 Å². The average molecular weight is 194 g/mol. The number of hydrogen-bond acceptors (Lipinski definition) is 3. The molecule has 13 heavy (non-hydrogen) atoms. The Hall–Kier alpha value is -1.62. The van der Waals surface area contributed by atoms with E-state index in [4.69, 9.17) is 5.11 Å². The van der Waals surface area contributed by atoms with Gasteiger partial charge in [-0.2, -0.15) is 0 Å². The molecule has 0 radical (unpaired) electrons. The number of aromatic carboxylic acids is 1. The van der Waals surface area contributed by atoms with Crippen molar-refractivity contribution in [2.75, 3.05) is 0 Å². The Kier molecular flexibility index (Phi) is 1.86. The van der Waals surface area contributed by atoms with Crippen LogP contribution in [-0.4, -0.2) is 20.6 Å². The summed E-state index contributed by atoms with van der Waals surface area (Å²) in [6.07, 6.45) is 5.06. The summed E-state index contributed by atoms with van der Waals surface area (Å²) in [4.78, 5) is 14.8. The first-order valence-corrected chi connectivity index (χ1v) is 4.45. The fourth-order valence-corrected chi connectivity index (χ4v) is 1.71. The Bertz CT molecular complexity index is 419. The summed E-state index contributed by atoms with van der Waals surface area (Å²) >= 11 is 1.21. The van der Waals surface area contributed by atoms with Crippen LogP contribution in [0.4, 0.5) is 0 Å². The van der Waals surface area contributed by atoms with Crippen molar-refractivity contribution in [2.24, 2.45) is 0 Å². The highest BCUT2D eigenvalue weighted by atomic mass is 32.1. The van der Waals surface area contributed by atoms with Crippen LogP contribution < -0.4 is 0 Å². The minimum absolute atomic E-state index is 0.337. The van der Waals surface area contributed by atoms with Gasteiger partial charge >= 0.3 is 5.97 Å². The summed E-state index contributed by atoms with van der Waals surface area (Å²) in [5.74, 6) is -0.892. The summed E-state index contributed by atoms with van der Waals surface area (Å²) in [5, 5.41) is 10.5. The highest BCUT2D eigenvalue weighted by Crippen LogP contribution is 2.17. The topological polar surface area (TPSA) is 55.1 Å². The zero-order valence-electron chi connectivity index (χ0n) is 6.54. The number of aromatic nitrogens is 2. The molecule has 5 heteroatoms. The summed E-state index contributed by atoms with van der Waals surface area (Å²) in [6, 6.07) is 1.62. The van der Waals surface area contributed by atoms with E-state index < -0.39 is 5.97 Å². The van der Waals surface area contributed by atoms with Crippen molar-refractivity contribution in [3.8, 4) is 5.69 Å². The lowest BCUT2D eigenvalue weighted by Gasteiger charge is -1.93. The first-order chi connectivity index (χ1) is 6.27. The van der Waals surface area contributed by atoms with Gasteiger partial charge in [0.2, 0.25) is 0 Å². The second-order valence-corrected chi connectivity index (χ2v) is 3.36. The van der Waals surface area contributed by atoms with Crippen LogP contribution in [0, 0.1) is 0 Å². The molecule has 2 heterocycles. The largest absolute Gasteiger partial charge is 0.477 e. The molecule has 4 nitrogen and oxygen atoms in total. The third kappa shape index (κ3) is 1.46. The lowest BCUT2D eigenvalue weighted by atomic mass is 10.4. The van der Waals surface area contributed by atoms with Crippen molar-refractivity contribution < 1.29 is 9.90 Å². The minimum Gasteiger partial charge on any atom is -0.477 e. The van der Waals surface area contributed by atoms with E-state index in [2.05, 4.69) is 4.98 Å². The molecule has 66 valence electrons. The third-order valence-electron chi connectivity index (χ3n) is 1.60. The van der Waals surface area contributed by atoms with E-state index in [0.717, 1.165) is 5.69 Å². The quantitative estimate of drug-likeness (QED) is 0.790. The predicted octanol–water partition coefficient (Wildman–Crippen LogP) is 1.63. The molecule has 0 saturated carbocycles. The Balaban J connectivity index is 2.39. The smallest absolute Gasteiger partial charge is 0.345 e. The number of carboxylic acids is 1. The van der Waals surface area contributed by atoms with E-state index in [1.165, 1.54) is 11.3 Å². The van der Waals surface area contributed by atoms with Crippen LogP contribution in [0.1, 0.15) is 9.67 Å². The molecule has 0 aliphatic heterocycles. The van der Waals surface area contributed by atoms with Crippen LogP contribution in [0.3, 0.4) is 0 Å². The second-order valence-electron chi connectivity index (χ2n) is 2.44. The number of rotatable bonds is 2. The molecule has 0 saturated heterocycles. The molecule has 2 aromatic rings. The minimum atomic E-state index is -0.892. The highest BCUT2D eigenvalue weighted by molar-refractivity contribution is 7.12. The fourth-order valence-electron chi connectivity index (χ4n) is 0.986. The maximum Gasteiger partial charge on any atom is 0.345 e. The first-order valence-electron chi connectivity index (χ1n) is 3.57. The lowest BCUT2D eigenvalue weighted by molar-refractivity contribution is 0.0702. The van der Waals surface area contributed by atoms with E-state index in [0.29, 0.717) is 4.88 Å². The van der Waals surface area contributed by atoms with E-state index in [1.807, 2.05) is 0 Å². The van der Waals surface area contributed by atoms with Gasteiger partial charge in [0.1, 0.15) is 4.88 Å². The maximum atomic E-state index is 10.6. The molecule has 0 fully saturated rings. The molecular formula is C8H6N2O2S. The van der Waals surface area contributed by atoms with Crippen molar-refractivity contribution in [2.45, 2.75) is 0 Å². The Morgan fingerprint density at radius 3 is 3.00 bits per heavy atom. The number of thiophene rings is 1. The van der Waals surface area contributed by atoms with Crippen LogP contribution >= 0.6 is 11.3 Å². The second kappa shape index (κ2) is 3.02. The van der Waals surface area contributed by atoms with Gasteiger partial charge in [0, 0.05) is 17.8 Å². The van der Waals surface area contributed by atoms with E-state index in [9.17, 15) is 4.79 Å². The normalized spacial score (nSPS) is 10.2. The molecule has 0 aliphatic carbocycles. The van der Waals surface area contributed by atoms with Crippen LogP contribution in [0.25, 0.3) is 5.69 Å². The van der Waals surface area contributed by atoms with Crippen molar-refractivity contribution in [1.82, 2.24) is 9.55 Å². The van der Waals surface area contributed by atoms with Crippen LogP contribution in [0.5, 0.6) is 0 Å². The van der Waals surface area contributed by atoms with Gasteiger partial charge in [-0.3, -0.25) is 0 Å². The van der Waals surface area contributed by atoms with Crippen molar-refractivity contribution in [3.05, 3.63) is 35.0 Å². The Morgan fingerprint density at radius 2 is 2.46 bits per heavy atom. The Morgan fingerprint density at radius 1 is 1.62 bits per heavy atom. The molecule has 0 amide bonds. The van der Waals surface area contributed by atoms with Gasteiger partial charge in [0.05, 0.1) is 12.0 Å². The molecule has 0 aliphatic rings. The number of imidazole rings is 1. The lowest BCUT2D eigenvalue weighted by Crippen LogP contribution is -1.91. The molecule has 0 unspecified atom stereocenters. The van der Waals surface area contributed by atoms with E-state index in [1.54, 1.807) is 34.7 Å². The molecular weight excluding hydrogens is 188 g/mol. The Labute approximate surface area is 78.1 Å². The number of carbonyl (C=O) groups is 1. The molecule has 0 spiro atoms. The molecule has 0 aromatic carbocycles. The summed E-state index contributed by atoms with van der Waals surface area (Å²) < 4.78 is 1.77. The van der Waals surface area contributed by atoms with Gasteiger partial charge in [0.15, 0.2) is 0 Å². The maximum absolute atomic E-state index is 10.6. The average Bonchev–Trinajstić information content (AvgIpc) is 2.75. The first kappa shape index (κ1) is 8.00. The van der Waals surface area contributed by atoms with Gasteiger partial charge in [-0.25, -0.2) is 9.78 Å². The third-order valence-corrected chi connectivity index (χ3v) is 2.50. The van der Waals surface area contributed by atoms with Crippen LogP contribution in [0.2, 0.25) is 0 Å². The van der Waals surface area contributed by atoms with Gasteiger partial charge in [-0.05, 0) is 6.07 Å². The predicted molar refractivity (Wildman–Crippen MR) is 48.4 cm³/mol. The van der Waals surface area contributed by atoms with E-state index >= 15 is 0 Å². The summed E-state index contributed by atoms with van der Waals surface area (Å²) in [7, 11) is 0. The SMILES string of the molecule is O=C(O)c1cc(-n2ccnc2)cs1. The van der Waals surface area contributed by atoms with Crippen LogP contribution in [0.15, 0.2) is 30.2 Å². The molecule has 2 rings (SSSR count). The molecule has 0 atom stereocenters. The summed E-state index contributed by atoms with van der Waals surface area (Å²) in [6.45, 7) is 0. The van der Waals surface area contributed by atoms with Gasteiger partial charge in [-0.1, -0.05) is 0 Å². The monoisotopic (exact) mass is 194 g/mol. The van der Waals surface area contributed by atoms with Gasteiger partial charge < -0.3 is 9.67 Å². The summed E-state index contributed by atoms with van der Waals surface area (Å²) in [5.41, 5.74) is 0.833. The van der Waals surface area contributed by atoms with Crippen molar-refractivity contribution in [1.29, 1.82) is 0 Å². The standard InChI is InChI=1S/C8H6N2O2S/c11-8(12)7-3-6(4-13-7)10-2-1-9-5-10/h1-5H,(H,11,12). The van der Waals surface area contributed by atoms with Gasteiger partial charge in [0.25, 0.3) is 0 Å². The zero-order chi connectivity index (χ0) is 9.26. The molecule has 0 bridgehead atoms. The van der Waals surface area contributed by atoms with Crippen molar-refractivity contribution >= 4 is 17.3 Å². The van der Waals surface area contributed by atoms with Crippen molar-refractivity contribution in [3.63, 3.8) is 0 Å². The number of hydrogen-bond donors (Lipinski definition) is 1. The molecule has 2 aromatic heterocycles. The number of carboxylic acid groups (broad SMARTS) is 1. The fraction of sp³-hybridized carbons (Fsp3) is 0. The molecule has 1 N–H and O–H groups in total. The van der Waals surface area contributed by atoms with E-state index in [-0.39, 0.29) is 0 Å².